The molecule has 3 heteroatoms. The second-order valence-electron chi connectivity index (χ2n) is 5.76. The molecule has 0 amide bonds. The maximum Gasteiger partial charge on any atom is 0.0354 e. The second kappa shape index (κ2) is 4.40. The summed E-state index contributed by atoms with van der Waals surface area (Å²) < 4.78 is 0. The minimum Gasteiger partial charge on any atom is -0.329 e. The van der Waals surface area contributed by atoms with Crippen LogP contribution in [0.5, 0.6) is 0 Å². The zero-order valence-corrected chi connectivity index (χ0v) is 11.0. The quantitative estimate of drug-likeness (QED) is 0.714. The van der Waals surface area contributed by atoms with Crippen LogP contribution < -0.4 is 5.73 Å². The summed E-state index contributed by atoms with van der Waals surface area (Å²) in [6.07, 6.45) is 2.65. The standard InChI is InChI=1S/C12H27N3/c1-11(6-7-11)12(2,10-13)15(5)9-8-14(3)4/h6-10,13H2,1-5H3. The molecule has 2 N–H and O–H groups in total. The molecular formula is C12H27N3. The van der Waals surface area contributed by atoms with Crippen LogP contribution in [0, 0.1) is 5.41 Å². The number of hydrogen-bond acceptors (Lipinski definition) is 3. The number of rotatable bonds is 6. The number of likely N-dealkylation sites (N-methyl/N-ethyl adjacent to an activating group) is 2. The van der Waals surface area contributed by atoms with E-state index in [0.29, 0.717) is 5.41 Å². The molecule has 1 unspecified atom stereocenters. The molecule has 90 valence electrons. The van der Waals surface area contributed by atoms with Crippen molar-refractivity contribution >= 4 is 0 Å². The van der Waals surface area contributed by atoms with E-state index < -0.39 is 0 Å². The first-order valence-corrected chi connectivity index (χ1v) is 5.92. The molecule has 0 heterocycles. The molecule has 1 saturated carbocycles. The van der Waals surface area contributed by atoms with Crippen molar-refractivity contribution in [2.24, 2.45) is 11.1 Å². The zero-order chi connectivity index (χ0) is 11.7. The fourth-order valence-electron chi connectivity index (χ4n) is 2.19. The molecule has 0 bridgehead atoms. The first-order chi connectivity index (χ1) is 6.85. The Bertz CT molecular complexity index is 211. The van der Waals surface area contributed by atoms with Gasteiger partial charge in [-0.1, -0.05) is 6.92 Å². The third-order valence-electron chi connectivity index (χ3n) is 4.42. The molecule has 0 aliphatic heterocycles. The van der Waals surface area contributed by atoms with E-state index in [4.69, 9.17) is 5.73 Å². The van der Waals surface area contributed by atoms with Gasteiger partial charge in [-0.05, 0) is 46.3 Å². The summed E-state index contributed by atoms with van der Waals surface area (Å²) in [5, 5.41) is 0. The van der Waals surface area contributed by atoms with Crippen LogP contribution in [-0.2, 0) is 0 Å². The lowest BCUT2D eigenvalue weighted by Crippen LogP contribution is -2.56. The maximum absolute atomic E-state index is 5.99. The highest BCUT2D eigenvalue weighted by Gasteiger charge is 2.53. The van der Waals surface area contributed by atoms with E-state index in [-0.39, 0.29) is 5.54 Å². The van der Waals surface area contributed by atoms with E-state index in [1.165, 1.54) is 12.8 Å². The smallest absolute Gasteiger partial charge is 0.0354 e. The van der Waals surface area contributed by atoms with Gasteiger partial charge in [0.2, 0.25) is 0 Å². The van der Waals surface area contributed by atoms with Gasteiger partial charge in [0.25, 0.3) is 0 Å². The molecule has 1 rings (SSSR count). The van der Waals surface area contributed by atoms with Gasteiger partial charge in [0.05, 0.1) is 0 Å². The monoisotopic (exact) mass is 213 g/mol. The van der Waals surface area contributed by atoms with Crippen molar-refractivity contribution in [2.45, 2.75) is 32.2 Å². The van der Waals surface area contributed by atoms with Gasteiger partial charge in [0, 0.05) is 25.2 Å². The molecule has 0 aromatic heterocycles. The minimum absolute atomic E-state index is 0.170. The Morgan fingerprint density at radius 3 is 2.07 bits per heavy atom. The Morgan fingerprint density at radius 1 is 1.20 bits per heavy atom. The van der Waals surface area contributed by atoms with Gasteiger partial charge < -0.3 is 10.6 Å². The molecule has 0 aromatic rings. The van der Waals surface area contributed by atoms with E-state index in [0.717, 1.165) is 19.6 Å². The maximum atomic E-state index is 5.99. The Labute approximate surface area is 94.6 Å². The van der Waals surface area contributed by atoms with E-state index in [2.05, 4.69) is 44.8 Å². The van der Waals surface area contributed by atoms with Gasteiger partial charge in [-0.2, -0.15) is 0 Å². The number of nitrogens with two attached hydrogens (primary N) is 1. The summed E-state index contributed by atoms with van der Waals surface area (Å²) in [6, 6.07) is 0. The van der Waals surface area contributed by atoms with Crippen LogP contribution in [0.2, 0.25) is 0 Å². The lowest BCUT2D eigenvalue weighted by molar-refractivity contribution is 0.0670. The minimum atomic E-state index is 0.170. The first kappa shape index (κ1) is 12.9. The van der Waals surface area contributed by atoms with Gasteiger partial charge in [-0.25, -0.2) is 0 Å². The highest BCUT2D eigenvalue weighted by atomic mass is 15.2. The molecular weight excluding hydrogens is 186 g/mol. The highest BCUT2D eigenvalue weighted by molar-refractivity contribution is 5.09. The van der Waals surface area contributed by atoms with Crippen LogP contribution in [0.15, 0.2) is 0 Å². The van der Waals surface area contributed by atoms with Crippen molar-refractivity contribution in [2.75, 3.05) is 40.8 Å². The average Bonchev–Trinajstić information content (AvgIpc) is 2.92. The van der Waals surface area contributed by atoms with Gasteiger partial charge in [0.1, 0.15) is 0 Å². The van der Waals surface area contributed by atoms with Gasteiger partial charge in [-0.3, -0.25) is 4.90 Å². The van der Waals surface area contributed by atoms with Crippen LogP contribution in [-0.4, -0.2) is 56.1 Å². The molecule has 0 aromatic carbocycles. The van der Waals surface area contributed by atoms with E-state index >= 15 is 0 Å². The fourth-order valence-corrected chi connectivity index (χ4v) is 2.19. The molecule has 1 aliphatic carbocycles. The van der Waals surface area contributed by atoms with E-state index in [1.807, 2.05) is 0 Å². The predicted molar refractivity (Wildman–Crippen MR) is 66.0 cm³/mol. The summed E-state index contributed by atoms with van der Waals surface area (Å²) in [5.74, 6) is 0. The largest absolute Gasteiger partial charge is 0.329 e. The van der Waals surface area contributed by atoms with Crippen molar-refractivity contribution in [1.82, 2.24) is 9.80 Å². The van der Waals surface area contributed by atoms with Gasteiger partial charge in [-0.15, -0.1) is 0 Å². The first-order valence-electron chi connectivity index (χ1n) is 5.92. The molecule has 1 atom stereocenters. The van der Waals surface area contributed by atoms with Gasteiger partial charge >= 0.3 is 0 Å². The third kappa shape index (κ3) is 2.52. The summed E-state index contributed by atoms with van der Waals surface area (Å²) in [6.45, 7) is 7.63. The SMILES string of the molecule is CN(C)CCN(C)C(C)(CN)C1(C)CC1. The Kier molecular flexibility index (Phi) is 3.80. The normalized spacial score (nSPS) is 23.2. The van der Waals surface area contributed by atoms with Crippen LogP contribution in [0.1, 0.15) is 26.7 Å². The van der Waals surface area contributed by atoms with Crippen LogP contribution in [0.25, 0.3) is 0 Å². The van der Waals surface area contributed by atoms with E-state index in [1.54, 1.807) is 0 Å². The van der Waals surface area contributed by atoms with Gasteiger partial charge in [0.15, 0.2) is 0 Å². The number of hydrogen-bond donors (Lipinski definition) is 1. The molecule has 0 spiro atoms. The summed E-state index contributed by atoms with van der Waals surface area (Å²) in [7, 11) is 6.44. The van der Waals surface area contributed by atoms with Crippen molar-refractivity contribution in [1.29, 1.82) is 0 Å². The topological polar surface area (TPSA) is 32.5 Å². The third-order valence-corrected chi connectivity index (χ3v) is 4.42. The van der Waals surface area contributed by atoms with E-state index in [9.17, 15) is 0 Å². The second-order valence-corrected chi connectivity index (χ2v) is 5.76. The molecule has 15 heavy (non-hydrogen) atoms. The van der Waals surface area contributed by atoms with Crippen LogP contribution in [0.3, 0.4) is 0 Å². The summed E-state index contributed by atoms with van der Waals surface area (Å²) >= 11 is 0. The Morgan fingerprint density at radius 2 is 1.73 bits per heavy atom. The molecule has 0 radical (unpaired) electrons. The Balaban J connectivity index is 2.57. The summed E-state index contributed by atoms with van der Waals surface area (Å²) in [5.41, 5.74) is 6.60. The molecule has 0 saturated heterocycles. The average molecular weight is 213 g/mol. The highest BCUT2D eigenvalue weighted by Crippen LogP contribution is 2.55. The molecule has 1 fully saturated rings. The molecule has 3 nitrogen and oxygen atoms in total. The lowest BCUT2D eigenvalue weighted by Gasteiger charge is -2.44. The summed E-state index contributed by atoms with van der Waals surface area (Å²) in [4.78, 5) is 4.67. The van der Waals surface area contributed by atoms with Crippen LogP contribution in [0.4, 0.5) is 0 Å². The Hall–Kier alpha value is -0.120. The van der Waals surface area contributed by atoms with Crippen molar-refractivity contribution in [3.8, 4) is 0 Å². The zero-order valence-electron chi connectivity index (χ0n) is 11.0. The van der Waals surface area contributed by atoms with Crippen molar-refractivity contribution in [3.05, 3.63) is 0 Å². The van der Waals surface area contributed by atoms with Crippen molar-refractivity contribution in [3.63, 3.8) is 0 Å². The number of nitrogens with zero attached hydrogens (tertiary/aromatic N) is 2. The molecule has 1 aliphatic rings. The predicted octanol–water partition coefficient (Wildman–Crippen LogP) is 0.997. The van der Waals surface area contributed by atoms with Crippen molar-refractivity contribution < 1.29 is 0 Å². The van der Waals surface area contributed by atoms with Crippen LogP contribution >= 0.6 is 0 Å². The lowest BCUT2D eigenvalue weighted by atomic mass is 9.82. The fraction of sp³-hybridized carbons (Fsp3) is 1.00.